The molecular weight excluding hydrogens is 462 g/mol. The first kappa shape index (κ1) is 22.0. The van der Waals surface area contributed by atoms with E-state index >= 15 is 0 Å². The topological polar surface area (TPSA) is 79.2 Å². The number of quaternary nitrogens is 1. The number of carbonyl (C=O) groups excluding carboxylic acids is 2. The van der Waals surface area contributed by atoms with Crippen LogP contribution in [0.3, 0.4) is 0 Å². The molecule has 3 aromatic rings. The normalized spacial score (nSPS) is 20.6. The van der Waals surface area contributed by atoms with Crippen molar-refractivity contribution in [3.05, 3.63) is 71.8 Å². The third-order valence-electron chi connectivity index (χ3n) is 6.45. The molecule has 0 saturated carbocycles. The number of hydrogen-bond donors (Lipinski definition) is 1. The fourth-order valence-electron chi connectivity index (χ4n) is 4.66. The number of nitrogens with one attached hydrogen (secondary N) is 1. The number of halogens is 1. The zero-order chi connectivity index (χ0) is 23.2. The molecule has 2 saturated heterocycles. The van der Waals surface area contributed by atoms with Crippen LogP contribution in [0, 0.1) is 0 Å². The van der Waals surface area contributed by atoms with E-state index in [2.05, 4.69) is 0 Å². The molecule has 33 heavy (non-hydrogen) atoms. The minimum absolute atomic E-state index is 0.130. The van der Waals surface area contributed by atoms with Gasteiger partial charge in [0.05, 0.1) is 43.2 Å². The maximum Gasteiger partial charge on any atom is 0.292 e. The van der Waals surface area contributed by atoms with E-state index in [0.29, 0.717) is 23.8 Å². The number of imide groups is 1. The number of hydrogen-bond acceptors (Lipinski definition) is 4. The van der Waals surface area contributed by atoms with Gasteiger partial charge in [0, 0.05) is 5.02 Å². The van der Waals surface area contributed by atoms with Gasteiger partial charge in [-0.05, 0) is 47.2 Å². The third-order valence-corrected chi connectivity index (χ3v) is 8.61. The summed E-state index contributed by atoms with van der Waals surface area (Å²) in [6, 6.07) is 19.0. The molecule has 0 spiro atoms. The molecule has 3 aromatic carbocycles. The summed E-state index contributed by atoms with van der Waals surface area (Å²) >= 11 is 5.87. The van der Waals surface area contributed by atoms with Gasteiger partial charge in [0.15, 0.2) is 6.04 Å². The lowest BCUT2D eigenvalue weighted by atomic mass is 10.1. The van der Waals surface area contributed by atoms with Crippen LogP contribution in [-0.4, -0.2) is 56.8 Å². The average molecular weight is 485 g/mol. The predicted octanol–water partition coefficient (Wildman–Crippen LogP) is 1.71. The van der Waals surface area contributed by atoms with Crippen molar-refractivity contribution in [2.24, 2.45) is 0 Å². The molecule has 9 heteroatoms. The second kappa shape index (κ2) is 8.53. The van der Waals surface area contributed by atoms with Crippen molar-refractivity contribution in [3.8, 4) is 0 Å². The molecule has 5 rings (SSSR count). The Morgan fingerprint density at radius 3 is 2.24 bits per heavy atom. The fraction of sp³-hybridized carbons (Fsp3) is 0.250. The van der Waals surface area contributed by atoms with Crippen LogP contribution in [0.25, 0.3) is 10.8 Å². The monoisotopic (exact) mass is 484 g/mol. The zero-order valence-corrected chi connectivity index (χ0v) is 19.3. The first-order chi connectivity index (χ1) is 15.8. The highest BCUT2D eigenvalue weighted by molar-refractivity contribution is 7.89. The standard InChI is InChI=1S/C24H22ClN3O4S/c25-19-6-9-21(10-7-19)33(31,32)27-13-11-26(12-14-27)22-16-23(29)28(24(22)30)20-8-5-17-3-1-2-4-18(17)15-20/h1-10,15,22H,11-14,16H2/p+1/t22-/m1/s1. The molecule has 2 aliphatic heterocycles. The highest BCUT2D eigenvalue weighted by Crippen LogP contribution is 2.26. The van der Waals surface area contributed by atoms with Gasteiger partial charge in [-0.25, -0.2) is 13.3 Å². The zero-order valence-electron chi connectivity index (χ0n) is 17.8. The Kier molecular flexibility index (Phi) is 5.70. The molecule has 7 nitrogen and oxygen atoms in total. The number of carbonyl (C=O) groups is 2. The maximum atomic E-state index is 13.2. The molecule has 2 amide bonds. The molecule has 2 heterocycles. The summed E-state index contributed by atoms with van der Waals surface area (Å²) in [6.45, 7) is 1.49. The van der Waals surface area contributed by atoms with Crippen molar-refractivity contribution in [1.82, 2.24) is 4.31 Å². The van der Waals surface area contributed by atoms with Crippen LogP contribution >= 0.6 is 11.6 Å². The summed E-state index contributed by atoms with van der Waals surface area (Å²) in [4.78, 5) is 28.4. The number of sulfonamides is 1. The van der Waals surface area contributed by atoms with Crippen LogP contribution in [0.1, 0.15) is 6.42 Å². The van der Waals surface area contributed by atoms with E-state index < -0.39 is 16.1 Å². The van der Waals surface area contributed by atoms with E-state index in [1.165, 1.54) is 21.3 Å². The summed E-state index contributed by atoms with van der Waals surface area (Å²) in [7, 11) is -3.63. The van der Waals surface area contributed by atoms with Crippen LogP contribution in [-0.2, 0) is 19.6 Å². The Morgan fingerprint density at radius 2 is 1.55 bits per heavy atom. The number of piperazine rings is 1. The first-order valence-electron chi connectivity index (χ1n) is 10.8. The van der Waals surface area contributed by atoms with E-state index in [0.717, 1.165) is 15.7 Å². The van der Waals surface area contributed by atoms with Gasteiger partial charge in [0.2, 0.25) is 15.9 Å². The minimum atomic E-state index is -3.63. The lowest BCUT2D eigenvalue weighted by Crippen LogP contribution is -3.19. The average Bonchev–Trinajstić information content (AvgIpc) is 3.13. The summed E-state index contributed by atoms with van der Waals surface area (Å²) in [5.74, 6) is -0.441. The van der Waals surface area contributed by atoms with Crippen LogP contribution < -0.4 is 9.80 Å². The lowest BCUT2D eigenvalue weighted by molar-refractivity contribution is -0.918. The molecule has 0 unspecified atom stereocenters. The number of anilines is 1. The summed E-state index contributed by atoms with van der Waals surface area (Å²) in [5.41, 5.74) is 0.578. The van der Waals surface area contributed by atoms with Gasteiger partial charge in [-0.15, -0.1) is 0 Å². The Hall–Kier alpha value is -2.78. The molecule has 1 atom stereocenters. The first-order valence-corrected chi connectivity index (χ1v) is 12.6. The van der Waals surface area contributed by atoms with Crippen molar-refractivity contribution in [2.75, 3.05) is 31.1 Å². The number of amides is 2. The van der Waals surface area contributed by atoms with Gasteiger partial charge < -0.3 is 4.90 Å². The Bertz CT molecular complexity index is 1340. The molecule has 170 valence electrons. The van der Waals surface area contributed by atoms with E-state index in [4.69, 9.17) is 11.6 Å². The van der Waals surface area contributed by atoms with Crippen molar-refractivity contribution in [2.45, 2.75) is 17.4 Å². The van der Waals surface area contributed by atoms with Crippen LogP contribution in [0.5, 0.6) is 0 Å². The van der Waals surface area contributed by atoms with E-state index in [9.17, 15) is 18.0 Å². The molecule has 0 bridgehead atoms. The van der Waals surface area contributed by atoms with E-state index in [1.807, 2.05) is 36.4 Å². The Balaban J connectivity index is 1.29. The molecule has 2 aliphatic rings. The lowest BCUT2D eigenvalue weighted by Gasteiger charge is -2.33. The van der Waals surface area contributed by atoms with Gasteiger partial charge in [-0.2, -0.15) is 4.31 Å². The van der Waals surface area contributed by atoms with Gasteiger partial charge in [0.25, 0.3) is 5.91 Å². The Morgan fingerprint density at radius 1 is 0.879 bits per heavy atom. The number of benzene rings is 3. The Labute approximate surface area is 197 Å². The van der Waals surface area contributed by atoms with Crippen LogP contribution in [0.4, 0.5) is 5.69 Å². The SMILES string of the molecule is O=C1C[C@@H]([NH+]2CCN(S(=O)(=O)c3ccc(Cl)cc3)CC2)C(=O)N1c1ccc2ccccc2c1. The number of fused-ring (bicyclic) bond motifs is 1. The summed E-state index contributed by atoms with van der Waals surface area (Å²) in [5, 5.41) is 2.48. The molecule has 1 N–H and O–H groups in total. The quantitative estimate of drug-likeness (QED) is 0.572. The summed E-state index contributed by atoms with van der Waals surface area (Å²) < 4.78 is 27.3. The second-order valence-corrected chi connectivity index (χ2v) is 10.7. The molecular formula is C24H23ClN3O4S+. The van der Waals surface area contributed by atoms with Crippen molar-refractivity contribution in [3.63, 3.8) is 0 Å². The van der Waals surface area contributed by atoms with Gasteiger partial charge in [0.1, 0.15) is 0 Å². The van der Waals surface area contributed by atoms with Crippen LogP contribution in [0.15, 0.2) is 71.6 Å². The predicted molar refractivity (Wildman–Crippen MR) is 126 cm³/mol. The van der Waals surface area contributed by atoms with E-state index in [1.54, 1.807) is 18.2 Å². The van der Waals surface area contributed by atoms with Crippen molar-refractivity contribution in [1.29, 1.82) is 0 Å². The molecule has 0 aromatic heterocycles. The van der Waals surface area contributed by atoms with Gasteiger partial charge >= 0.3 is 0 Å². The number of rotatable bonds is 4. The molecule has 0 aliphatic carbocycles. The highest BCUT2D eigenvalue weighted by atomic mass is 35.5. The number of nitrogens with zero attached hydrogens (tertiary/aromatic N) is 2. The fourth-order valence-corrected chi connectivity index (χ4v) is 6.22. The van der Waals surface area contributed by atoms with Crippen LogP contribution in [0.2, 0.25) is 5.02 Å². The largest absolute Gasteiger partial charge is 0.322 e. The summed E-state index contributed by atoms with van der Waals surface area (Å²) in [6.07, 6.45) is 0.130. The maximum absolute atomic E-state index is 13.2. The second-order valence-electron chi connectivity index (χ2n) is 8.37. The van der Waals surface area contributed by atoms with E-state index in [-0.39, 0.29) is 36.2 Å². The molecule has 0 radical (unpaired) electrons. The van der Waals surface area contributed by atoms with Gasteiger partial charge in [-0.1, -0.05) is 41.9 Å². The third kappa shape index (κ3) is 4.04. The van der Waals surface area contributed by atoms with Crippen molar-refractivity contribution < 1.29 is 22.9 Å². The smallest absolute Gasteiger partial charge is 0.292 e. The molecule has 2 fully saturated rings. The minimum Gasteiger partial charge on any atom is -0.322 e. The van der Waals surface area contributed by atoms with Crippen molar-refractivity contribution >= 4 is 49.9 Å². The highest BCUT2D eigenvalue weighted by Gasteiger charge is 2.47. The van der Waals surface area contributed by atoms with Gasteiger partial charge in [-0.3, -0.25) is 9.59 Å².